The van der Waals surface area contributed by atoms with Crippen LogP contribution in [0.2, 0.25) is 0 Å². The van der Waals surface area contributed by atoms with Gasteiger partial charge in [-0.05, 0) is 58.8 Å². The van der Waals surface area contributed by atoms with Gasteiger partial charge in [-0.3, -0.25) is 9.59 Å². The second kappa shape index (κ2) is 9.59. The summed E-state index contributed by atoms with van der Waals surface area (Å²) in [5.41, 5.74) is 2.37. The summed E-state index contributed by atoms with van der Waals surface area (Å²) in [5.74, 6) is 0.0931. The van der Waals surface area contributed by atoms with Crippen molar-refractivity contribution >= 4 is 17.5 Å². The lowest BCUT2D eigenvalue weighted by atomic mass is 9.92. The van der Waals surface area contributed by atoms with Gasteiger partial charge in [-0.15, -0.1) is 5.10 Å². The van der Waals surface area contributed by atoms with Gasteiger partial charge in [-0.25, -0.2) is 4.68 Å². The SMILES string of the molecule is CCCCN1C(=O)C[C@H](C(=O)Nc2ccc(-n3cnnn3)cc2)[C@H]1c1ccc(OC)cc1. The number of ether oxygens (including phenoxy) is 1. The van der Waals surface area contributed by atoms with Crippen molar-refractivity contribution < 1.29 is 14.3 Å². The molecule has 0 unspecified atom stereocenters. The molecule has 9 heteroatoms. The zero-order valence-corrected chi connectivity index (χ0v) is 18.1. The molecule has 4 rings (SSSR count). The number of likely N-dealkylation sites (tertiary alicyclic amines) is 1. The van der Waals surface area contributed by atoms with E-state index in [9.17, 15) is 9.59 Å². The van der Waals surface area contributed by atoms with E-state index in [0.717, 1.165) is 29.8 Å². The molecule has 1 fully saturated rings. The van der Waals surface area contributed by atoms with Crippen molar-refractivity contribution in [3.63, 3.8) is 0 Å². The van der Waals surface area contributed by atoms with Crippen LogP contribution in [-0.2, 0) is 9.59 Å². The summed E-state index contributed by atoms with van der Waals surface area (Å²) in [5, 5.41) is 14.1. The van der Waals surface area contributed by atoms with E-state index in [1.807, 2.05) is 41.3 Å². The van der Waals surface area contributed by atoms with Gasteiger partial charge in [0.05, 0.1) is 24.8 Å². The molecule has 0 radical (unpaired) electrons. The van der Waals surface area contributed by atoms with Gasteiger partial charge < -0.3 is 15.0 Å². The van der Waals surface area contributed by atoms with E-state index in [4.69, 9.17) is 4.74 Å². The predicted octanol–water partition coefficient (Wildman–Crippen LogP) is 3.00. The van der Waals surface area contributed by atoms with Crippen molar-refractivity contribution in [2.75, 3.05) is 19.0 Å². The Morgan fingerprint density at radius 2 is 1.91 bits per heavy atom. The van der Waals surface area contributed by atoms with Gasteiger partial charge >= 0.3 is 0 Å². The highest BCUT2D eigenvalue weighted by atomic mass is 16.5. The summed E-state index contributed by atoms with van der Waals surface area (Å²) in [6, 6.07) is 14.5. The maximum absolute atomic E-state index is 13.2. The zero-order valence-electron chi connectivity index (χ0n) is 18.1. The summed E-state index contributed by atoms with van der Waals surface area (Å²) in [6.45, 7) is 2.72. The van der Waals surface area contributed by atoms with Gasteiger partial charge in [0, 0.05) is 18.7 Å². The molecule has 0 spiro atoms. The minimum atomic E-state index is -0.480. The van der Waals surface area contributed by atoms with Gasteiger partial charge in [0.1, 0.15) is 12.1 Å². The van der Waals surface area contributed by atoms with Crippen LogP contribution in [0.5, 0.6) is 5.75 Å². The number of carbonyl (C=O) groups excluding carboxylic acids is 2. The lowest BCUT2D eigenvalue weighted by Gasteiger charge is -2.28. The molecule has 1 aliphatic rings. The quantitative estimate of drug-likeness (QED) is 0.585. The second-order valence-electron chi connectivity index (χ2n) is 7.76. The number of benzene rings is 2. The van der Waals surface area contributed by atoms with E-state index in [0.29, 0.717) is 12.2 Å². The zero-order chi connectivity index (χ0) is 22.5. The van der Waals surface area contributed by atoms with Crippen molar-refractivity contribution in [1.29, 1.82) is 0 Å². The Morgan fingerprint density at radius 1 is 1.16 bits per heavy atom. The van der Waals surface area contributed by atoms with Crippen molar-refractivity contribution in [3.05, 3.63) is 60.4 Å². The van der Waals surface area contributed by atoms with Crippen molar-refractivity contribution in [2.24, 2.45) is 5.92 Å². The van der Waals surface area contributed by atoms with Gasteiger partial charge in [0.2, 0.25) is 11.8 Å². The monoisotopic (exact) mass is 434 g/mol. The Balaban J connectivity index is 1.55. The van der Waals surface area contributed by atoms with Crippen LogP contribution >= 0.6 is 0 Å². The molecule has 1 N–H and O–H groups in total. The second-order valence-corrected chi connectivity index (χ2v) is 7.76. The average molecular weight is 435 g/mol. The average Bonchev–Trinajstić information content (AvgIpc) is 3.46. The van der Waals surface area contributed by atoms with Crippen molar-refractivity contribution in [2.45, 2.75) is 32.2 Å². The highest BCUT2D eigenvalue weighted by Gasteiger charge is 2.44. The molecule has 2 heterocycles. The molecule has 32 heavy (non-hydrogen) atoms. The van der Waals surface area contributed by atoms with E-state index in [-0.39, 0.29) is 24.3 Å². The molecule has 2 amide bonds. The highest BCUT2D eigenvalue weighted by Crippen LogP contribution is 2.39. The third-order valence-corrected chi connectivity index (χ3v) is 5.73. The number of methoxy groups -OCH3 is 1. The molecular weight excluding hydrogens is 408 g/mol. The van der Waals surface area contributed by atoms with Crippen LogP contribution in [-0.4, -0.2) is 50.6 Å². The third-order valence-electron chi connectivity index (χ3n) is 5.73. The fraction of sp³-hybridized carbons (Fsp3) is 0.348. The number of amides is 2. The molecule has 1 aliphatic heterocycles. The number of hydrogen-bond acceptors (Lipinski definition) is 6. The molecule has 1 aromatic heterocycles. The normalized spacial score (nSPS) is 18.1. The molecule has 2 atom stereocenters. The Kier molecular flexibility index (Phi) is 6.44. The molecule has 0 saturated carbocycles. The first-order chi connectivity index (χ1) is 15.6. The first-order valence-electron chi connectivity index (χ1n) is 10.7. The molecule has 9 nitrogen and oxygen atoms in total. The van der Waals surface area contributed by atoms with Crippen molar-refractivity contribution in [3.8, 4) is 11.4 Å². The van der Waals surface area contributed by atoms with E-state index in [1.165, 1.54) is 11.0 Å². The first-order valence-corrected chi connectivity index (χ1v) is 10.7. The Labute approximate surface area is 186 Å². The number of hydrogen-bond donors (Lipinski definition) is 1. The van der Waals surface area contributed by atoms with Crippen LogP contribution in [0.3, 0.4) is 0 Å². The van der Waals surface area contributed by atoms with Crippen LogP contribution in [0.15, 0.2) is 54.9 Å². The lowest BCUT2D eigenvalue weighted by molar-refractivity contribution is -0.129. The first kappa shape index (κ1) is 21.5. The van der Waals surface area contributed by atoms with Crippen LogP contribution in [0.4, 0.5) is 5.69 Å². The number of rotatable bonds is 8. The number of anilines is 1. The van der Waals surface area contributed by atoms with Crippen LogP contribution in [0, 0.1) is 5.92 Å². The van der Waals surface area contributed by atoms with Crippen molar-refractivity contribution in [1.82, 2.24) is 25.1 Å². The van der Waals surface area contributed by atoms with E-state index < -0.39 is 5.92 Å². The van der Waals surface area contributed by atoms with Gasteiger partial charge in [0.15, 0.2) is 0 Å². The maximum Gasteiger partial charge on any atom is 0.230 e. The summed E-state index contributed by atoms with van der Waals surface area (Å²) >= 11 is 0. The number of nitrogens with zero attached hydrogens (tertiary/aromatic N) is 5. The summed E-state index contributed by atoms with van der Waals surface area (Å²) < 4.78 is 6.79. The van der Waals surface area contributed by atoms with Gasteiger partial charge in [-0.2, -0.15) is 0 Å². The molecule has 0 bridgehead atoms. The smallest absolute Gasteiger partial charge is 0.230 e. The topological polar surface area (TPSA) is 102 Å². The van der Waals surface area contributed by atoms with Gasteiger partial charge in [-0.1, -0.05) is 25.5 Å². The predicted molar refractivity (Wildman–Crippen MR) is 118 cm³/mol. The Hall–Kier alpha value is -3.75. The molecule has 2 aromatic carbocycles. The summed E-state index contributed by atoms with van der Waals surface area (Å²) in [4.78, 5) is 27.9. The van der Waals surface area contributed by atoms with Gasteiger partial charge in [0.25, 0.3) is 0 Å². The van der Waals surface area contributed by atoms with Crippen LogP contribution in [0.25, 0.3) is 5.69 Å². The standard InChI is InChI=1S/C23H26N6O3/c1-3-4-13-28-21(30)14-20(22(28)16-5-11-19(32-2)12-6-16)23(31)25-17-7-9-18(10-8-17)29-15-24-26-27-29/h5-12,15,20,22H,3-4,13-14H2,1-2H3,(H,25,31)/t20-,22+/m0/s1. The fourth-order valence-corrected chi connectivity index (χ4v) is 4.04. The number of tetrazole rings is 1. The Morgan fingerprint density at radius 3 is 2.53 bits per heavy atom. The van der Waals surface area contributed by atoms with E-state index in [2.05, 4.69) is 27.8 Å². The molecule has 3 aromatic rings. The number of nitrogens with one attached hydrogen (secondary N) is 1. The maximum atomic E-state index is 13.2. The minimum absolute atomic E-state index is 0.00782. The lowest BCUT2D eigenvalue weighted by Crippen LogP contribution is -2.33. The Bertz CT molecular complexity index is 1050. The minimum Gasteiger partial charge on any atom is -0.497 e. The summed E-state index contributed by atoms with van der Waals surface area (Å²) in [6.07, 6.45) is 3.56. The highest BCUT2D eigenvalue weighted by molar-refractivity contribution is 5.98. The van der Waals surface area contributed by atoms with E-state index in [1.54, 1.807) is 19.2 Å². The van der Waals surface area contributed by atoms with Crippen LogP contribution < -0.4 is 10.1 Å². The molecule has 166 valence electrons. The molecular formula is C23H26N6O3. The fourth-order valence-electron chi connectivity index (χ4n) is 4.04. The van der Waals surface area contributed by atoms with Crippen LogP contribution in [0.1, 0.15) is 37.8 Å². The molecule has 0 aliphatic carbocycles. The largest absolute Gasteiger partial charge is 0.497 e. The number of aromatic nitrogens is 4. The number of unbranched alkanes of at least 4 members (excludes halogenated alkanes) is 1. The molecule has 1 saturated heterocycles. The summed E-state index contributed by atoms with van der Waals surface area (Å²) in [7, 11) is 1.61. The number of carbonyl (C=O) groups is 2. The third kappa shape index (κ3) is 4.46. The van der Waals surface area contributed by atoms with E-state index >= 15 is 0 Å².